The molecule has 1 aromatic heterocycles. The van der Waals surface area contributed by atoms with Crippen molar-refractivity contribution in [1.82, 2.24) is 5.16 Å². The quantitative estimate of drug-likeness (QED) is 0.805. The van der Waals surface area contributed by atoms with Gasteiger partial charge >= 0.3 is 5.97 Å². The van der Waals surface area contributed by atoms with Crippen LogP contribution in [-0.4, -0.2) is 17.7 Å². The minimum atomic E-state index is -0.536. The fourth-order valence-corrected chi connectivity index (χ4v) is 1.77. The maximum atomic E-state index is 11.4. The maximum Gasteiger partial charge on any atom is 0.360 e. The fourth-order valence-electron chi connectivity index (χ4n) is 1.39. The largest absolute Gasteiger partial charge is 0.461 e. The molecular formula is C12H9Cl2NO3. The molecule has 2 rings (SSSR count). The Balaban J connectivity index is 2.35. The van der Waals surface area contributed by atoms with E-state index >= 15 is 0 Å². The Bertz CT molecular complexity index is 580. The van der Waals surface area contributed by atoms with Gasteiger partial charge in [0.15, 0.2) is 11.5 Å². The van der Waals surface area contributed by atoms with E-state index in [1.807, 2.05) is 0 Å². The van der Waals surface area contributed by atoms with Crippen LogP contribution in [0.2, 0.25) is 10.0 Å². The van der Waals surface area contributed by atoms with Gasteiger partial charge in [0, 0.05) is 16.7 Å². The monoisotopic (exact) mass is 285 g/mol. The number of ether oxygens (including phenoxy) is 1. The fraction of sp³-hybridized carbons (Fsp3) is 0.167. The van der Waals surface area contributed by atoms with Crippen LogP contribution in [0.4, 0.5) is 0 Å². The van der Waals surface area contributed by atoms with Gasteiger partial charge in [-0.15, -0.1) is 0 Å². The lowest BCUT2D eigenvalue weighted by molar-refractivity contribution is 0.0514. The minimum Gasteiger partial charge on any atom is -0.461 e. The predicted octanol–water partition coefficient (Wildman–Crippen LogP) is 3.83. The number of rotatable bonds is 3. The molecule has 94 valence electrons. The molecule has 0 radical (unpaired) electrons. The van der Waals surface area contributed by atoms with Gasteiger partial charge in [-0.1, -0.05) is 28.4 Å². The molecule has 1 aromatic carbocycles. The van der Waals surface area contributed by atoms with Gasteiger partial charge in [0.1, 0.15) is 0 Å². The molecule has 4 nitrogen and oxygen atoms in total. The van der Waals surface area contributed by atoms with Crippen molar-refractivity contribution in [3.05, 3.63) is 40.0 Å². The molecule has 0 aliphatic rings. The van der Waals surface area contributed by atoms with Crippen LogP contribution >= 0.6 is 23.2 Å². The van der Waals surface area contributed by atoms with Gasteiger partial charge in [-0.25, -0.2) is 4.79 Å². The first kappa shape index (κ1) is 12.9. The van der Waals surface area contributed by atoms with Crippen molar-refractivity contribution in [2.75, 3.05) is 6.61 Å². The van der Waals surface area contributed by atoms with E-state index in [1.165, 1.54) is 6.07 Å². The first-order valence-corrected chi connectivity index (χ1v) is 5.96. The van der Waals surface area contributed by atoms with Crippen LogP contribution in [0.15, 0.2) is 28.8 Å². The molecule has 0 saturated carbocycles. The molecule has 6 heteroatoms. The summed E-state index contributed by atoms with van der Waals surface area (Å²) in [6, 6.07) is 6.41. The predicted molar refractivity (Wildman–Crippen MR) is 67.9 cm³/mol. The number of nitrogens with zero attached hydrogens (tertiary/aromatic N) is 1. The van der Waals surface area contributed by atoms with E-state index in [4.69, 9.17) is 32.5 Å². The first-order valence-electron chi connectivity index (χ1n) is 5.21. The lowest BCUT2D eigenvalue weighted by atomic mass is 10.1. The number of benzene rings is 1. The van der Waals surface area contributed by atoms with Crippen LogP contribution in [0, 0.1) is 0 Å². The van der Waals surface area contributed by atoms with E-state index in [1.54, 1.807) is 25.1 Å². The maximum absolute atomic E-state index is 11.4. The number of hydrogen-bond donors (Lipinski definition) is 0. The van der Waals surface area contributed by atoms with E-state index in [0.29, 0.717) is 21.4 Å². The molecule has 0 spiro atoms. The average Bonchev–Trinajstić information content (AvgIpc) is 2.82. The number of esters is 1. The van der Waals surface area contributed by atoms with Gasteiger partial charge in [0.05, 0.1) is 11.6 Å². The van der Waals surface area contributed by atoms with Gasteiger partial charge < -0.3 is 9.26 Å². The lowest BCUT2D eigenvalue weighted by Gasteiger charge is -1.99. The van der Waals surface area contributed by atoms with Crippen molar-refractivity contribution >= 4 is 29.2 Å². The van der Waals surface area contributed by atoms with Gasteiger partial charge in [0.2, 0.25) is 0 Å². The summed E-state index contributed by atoms with van der Waals surface area (Å²) < 4.78 is 9.87. The molecular weight excluding hydrogens is 277 g/mol. The van der Waals surface area contributed by atoms with Crippen LogP contribution in [0.3, 0.4) is 0 Å². The highest BCUT2D eigenvalue weighted by molar-refractivity contribution is 6.35. The van der Waals surface area contributed by atoms with Crippen LogP contribution < -0.4 is 0 Å². The van der Waals surface area contributed by atoms with Crippen molar-refractivity contribution in [3.63, 3.8) is 0 Å². The Kier molecular flexibility index (Phi) is 3.89. The van der Waals surface area contributed by atoms with E-state index in [0.717, 1.165) is 0 Å². The summed E-state index contributed by atoms with van der Waals surface area (Å²) in [7, 11) is 0. The summed E-state index contributed by atoms with van der Waals surface area (Å²) in [6.07, 6.45) is 0. The van der Waals surface area contributed by atoms with E-state index < -0.39 is 5.97 Å². The smallest absolute Gasteiger partial charge is 0.360 e. The molecule has 0 atom stereocenters. The summed E-state index contributed by atoms with van der Waals surface area (Å²) >= 11 is 11.9. The zero-order valence-corrected chi connectivity index (χ0v) is 11.0. The second-order valence-electron chi connectivity index (χ2n) is 3.42. The molecule has 0 amide bonds. The number of halogens is 2. The minimum absolute atomic E-state index is 0.0999. The molecule has 0 N–H and O–H groups in total. The van der Waals surface area contributed by atoms with Crippen molar-refractivity contribution < 1.29 is 14.1 Å². The van der Waals surface area contributed by atoms with Crippen molar-refractivity contribution in [2.45, 2.75) is 6.92 Å². The summed E-state index contributed by atoms with van der Waals surface area (Å²) in [4.78, 5) is 11.4. The highest BCUT2D eigenvalue weighted by Gasteiger charge is 2.16. The van der Waals surface area contributed by atoms with Gasteiger partial charge in [-0.3, -0.25) is 0 Å². The highest BCUT2D eigenvalue weighted by atomic mass is 35.5. The third-order valence-electron chi connectivity index (χ3n) is 2.19. The van der Waals surface area contributed by atoms with Crippen LogP contribution in [0.25, 0.3) is 11.3 Å². The Labute approximate surface area is 113 Å². The Morgan fingerprint density at radius 2 is 2.17 bits per heavy atom. The summed E-state index contributed by atoms with van der Waals surface area (Å²) in [5.74, 6) is -0.170. The van der Waals surface area contributed by atoms with Crippen LogP contribution in [0.5, 0.6) is 0 Å². The molecule has 0 saturated heterocycles. The molecule has 0 aliphatic carbocycles. The molecule has 1 heterocycles. The zero-order chi connectivity index (χ0) is 13.1. The zero-order valence-electron chi connectivity index (χ0n) is 9.44. The van der Waals surface area contributed by atoms with E-state index in [2.05, 4.69) is 5.16 Å². The topological polar surface area (TPSA) is 52.3 Å². The van der Waals surface area contributed by atoms with Crippen LogP contribution in [-0.2, 0) is 4.74 Å². The number of hydrogen-bond acceptors (Lipinski definition) is 4. The molecule has 0 fully saturated rings. The van der Waals surface area contributed by atoms with Crippen molar-refractivity contribution in [2.24, 2.45) is 0 Å². The van der Waals surface area contributed by atoms with Gasteiger partial charge in [-0.2, -0.15) is 0 Å². The molecule has 2 aromatic rings. The summed E-state index contributed by atoms with van der Waals surface area (Å²) in [6.45, 7) is 1.99. The van der Waals surface area contributed by atoms with Crippen molar-refractivity contribution in [1.29, 1.82) is 0 Å². The highest BCUT2D eigenvalue weighted by Crippen LogP contribution is 2.31. The molecule has 18 heavy (non-hydrogen) atoms. The van der Waals surface area contributed by atoms with Crippen molar-refractivity contribution in [3.8, 4) is 11.3 Å². The van der Waals surface area contributed by atoms with E-state index in [-0.39, 0.29) is 12.3 Å². The summed E-state index contributed by atoms with van der Waals surface area (Å²) in [5.41, 5.74) is 0.676. The third kappa shape index (κ3) is 2.66. The third-order valence-corrected chi connectivity index (χ3v) is 2.75. The SMILES string of the molecule is CCOC(=O)c1cc(-c2cc(Cl)ccc2Cl)on1. The number of aromatic nitrogens is 1. The Morgan fingerprint density at radius 1 is 1.39 bits per heavy atom. The van der Waals surface area contributed by atoms with Gasteiger partial charge in [-0.05, 0) is 25.1 Å². The van der Waals surface area contributed by atoms with Crippen LogP contribution in [0.1, 0.15) is 17.4 Å². The second-order valence-corrected chi connectivity index (χ2v) is 4.26. The second kappa shape index (κ2) is 5.42. The summed E-state index contributed by atoms with van der Waals surface area (Å²) in [5, 5.41) is 4.61. The Morgan fingerprint density at radius 3 is 2.89 bits per heavy atom. The van der Waals surface area contributed by atoms with Gasteiger partial charge in [0.25, 0.3) is 0 Å². The standard InChI is InChI=1S/C12H9Cl2NO3/c1-2-17-12(16)10-6-11(18-15-10)8-5-7(13)3-4-9(8)14/h3-6H,2H2,1H3. The molecule has 0 bridgehead atoms. The number of carbonyl (C=O) groups excluding carboxylic acids is 1. The van der Waals surface area contributed by atoms with E-state index in [9.17, 15) is 4.79 Å². The number of carbonyl (C=O) groups is 1. The first-order chi connectivity index (χ1) is 8.61. The Hall–Kier alpha value is -1.52. The molecule has 0 unspecified atom stereocenters. The molecule has 0 aliphatic heterocycles. The normalized spacial score (nSPS) is 10.4. The lowest BCUT2D eigenvalue weighted by Crippen LogP contribution is -2.04. The average molecular weight is 286 g/mol.